The van der Waals surface area contributed by atoms with Crippen LogP contribution in [0.5, 0.6) is 46.0 Å². The van der Waals surface area contributed by atoms with Crippen molar-refractivity contribution in [3.8, 4) is 46.0 Å². The molecule has 0 fully saturated rings. The number of nitrogens with zero attached hydrogens (tertiary/aromatic N) is 2. The zero-order chi connectivity index (χ0) is 31.9. The molecule has 4 aliphatic rings. The number of halogens is 1. The lowest BCUT2D eigenvalue weighted by molar-refractivity contribution is 0.220. The van der Waals surface area contributed by atoms with E-state index < -0.39 is 0 Å². The van der Waals surface area contributed by atoms with E-state index in [0.717, 1.165) is 55.6 Å². The molecular formula is C38H43ClN2O6. The van der Waals surface area contributed by atoms with Gasteiger partial charge in [-0.1, -0.05) is 18.2 Å². The smallest absolute Gasteiger partial charge is 0.204 e. The molecule has 4 aliphatic heterocycles. The maximum absolute atomic E-state index is 7.03. The average Bonchev–Trinajstić information content (AvgIpc) is 3.07. The van der Waals surface area contributed by atoms with E-state index in [-0.39, 0.29) is 24.5 Å². The second-order valence-corrected chi connectivity index (χ2v) is 12.5. The van der Waals surface area contributed by atoms with Crippen molar-refractivity contribution in [3.63, 3.8) is 0 Å². The Labute approximate surface area is 283 Å². The predicted molar refractivity (Wildman–Crippen MR) is 185 cm³/mol. The fraction of sp³-hybridized carbons (Fsp3) is 0.368. The van der Waals surface area contributed by atoms with Gasteiger partial charge in [-0.3, -0.25) is 9.80 Å². The normalized spacial score (nSPS) is 18.8. The maximum atomic E-state index is 7.03. The van der Waals surface area contributed by atoms with Crippen LogP contribution in [0.1, 0.15) is 45.5 Å². The van der Waals surface area contributed by atoms with Gasteiger partial charge in [0.25, 0.3) is 0 Å². The molecule has 0 N–H and O–H groups in total. The third-order valence-electron chi connectivity index (χ3n) is 9.85. The van der Waals surface area contributed by atoms with Crippen LogP contribution in [-0.4, -0.2) is 65.4 Å². The number of hydrogen-bond donors (Lipinski definition) is 0. The Morgan fingerprint density at radius 2 is 1.23 bits per heavy atom. The van der Waals surface area contributed by atoms with Gasteiger partial charge in [0.1, 0.15) is 5.75 Å². The molecule has 0 aromatic heterocycles. The number of fused-ring (bicyclic) bond motifs is 2. The van der Waals surface area contributed by atoms with Crippen molar-refractivity contribution in [1.29, 1.82) is 0 Å². The van der Waals surface area contributed by atoms with E-state index in [9.17, 15) is 0 Å². The van der Waals surface area contributed by atoms with Crippen molar-refractivity contribution in [1.82, 2.24) is 9.80 Å². The zero-order valence-electron chi connectivity index (χ0n) is 27.9. The fourth-order valence-corrected chi connectivity index (χ4v) is 7.28. The van der Waals surface area contributed by atoms with E-state index in [2.05, 4.69) is 66.4 Å². The largest absolute Gasteiger partial charge is 0.493 e. The van der Waals surface area contributed by atoms with Gasteiger partial charge >= 0.3 is 0 Å². The van der Waals surface area contributed by atoms with Crippen molar-refractivity contribution in [2.75, 3.05) is 55.6 Å². The third kappa shape index (κ3) is 6.06. The number of benzene rings is 4. The van der Waals surface area contributed by atoms with E-state index in [1.54, 1.807) is 28.4 Å². The van der Waals surface area contributed by atoms with Crippen LogP contribution < -0.4 is 28.4 Å². The molecule has 8 rings (SSSR count). The summed E-state index contributed by atoms with van der Waals surface area (Å²) >= 11 is 0. The Morgan fingerprint density at radius 3 is 1.94 bits per heavy atom. The van der Waals surface area contributed by atoms with E-state index in [1.165, 1.54) is 22.3 Å². The standard InChI is InChI=1S/C38H42N2O6.ClH/c1-39-15-13-25-20-32(42-4)34-22-28(25)29(39)17-23-7-10-27(11-8-23)45-33-19-24(9-12-31(33)41-3)18-30-36-26(14-16-40(30)2)21-35(43-5)37(44-6)38(36)46-34;/h7-12,19-22,29-30H,13-18H2,1-6H3;1H/t29-,30+;/m0./s1. The number of rotatable bonds is 4. The van der Waals surface area contributed by atoms with E-state index >= 15 is 0 Å². The Balaban J connectivity index is 0.00000386. The van der Waals surface area contributed by atoms with E-state index in [0.29, 0.717) is 40.2 Å². The Bertz CT molecular complexity index is 1760. The van der Waals surface area contributed by atoms with Gasteiger partial charge in [-0.25, -0.2) is 0 Å². The van der Waals surface area contributed by atoms with Crippen LogP contribution in [-0.2, 0) is 25.7 Å². The number of likely N-dealkylation sites (N-methyl/N-ethyl adjacent to an activating group) is 2. The van der Waals surface area contributed by atoms with E-state index in [4.69, 9.17) is 28.4 Å². The van der Waals surface area contributed by atoms with Crippen LogP contribution in [0.25, 0.3) is 0 Å². The summed E-state index contributed by atoms with van der Waals surface area (Å²) in [5.41, 5.74) is 7.15. The van der Waals surface area contributed by atoms with Gasteiger partial charge in [0.05, 0.1) is 28.4 Å². The van der Waals surface area contributed by atoms with Gasteiger partial charge in [0.15, 0.2) is 34.5 Å². The van der Waals surface area contributed by atoms with E-state index in [1.807, 2.05) is 18.2 Å². The van der Waals surface area contributed by atoms with Crippen LogP contribution >= 0.6 is 12.4 Å². The second-order valence-electron chi connectivity index (χ2n) is 12.5. The molecule has 47 heavy (non-hydrogen) atoms. The molecule has 6 bridgehead atoms. The van der Waals surface area contributed by atoms with Gasteiger partial charge in [0, 0.05) is 30.7 Å². The van der Waals surface area contributed by atoms with Gasteiger partial charge in [-0.05, 0) is 110 Å². The first-order chi connectivity index (χ1) is 22.4. The third-order valence-corrected chi connectivity index (χ3v) is 9.85. The summed E-state index contributed by atoms with van der Waals surface area (Å²) in [6.07, 6.45) is 3.37. The lowest BCUT2D eigenvalue weighted by Gasteiger charge is -2.37. The van der Waals surface area contributed by atoms with Crippen LogP contribution in [0.2, 0.25) is 0 Å². The molecule has 8 nitrogen and oxygen atoms in total. The highest BCUT2D eigenvalue weighted by Gasteiger charge is 2.34. The topological polar surface area (TPSA) is 61.9 Å². The molecule has 4 aromatic rings. The Morgan fingerprint density at radius 1 is 0.617 bits per heavy atom. The van der Waals surface area contributed by atoms with Gasteiger partial charge < -0.3 is 28.4 Å². The van der Waals surface area contributed by atoms with Crippen molar-refractivity contribution in [3.05, 3.63) is 94.0 Å². The summed E-state index contributed by atoms with van der Waals surface area (Å²) in [5, 5.41) is 0. The SMILES string of the molecule is COc1ccc2cc1Oc1ccc(cc1)C[C@H]1c3cc(c(OC)cc3CCN1C)Oc1c(OC)c(OC)cc3c1[C@@H](C2)N(C)CC3.Cl. The number of hydrogen-bond acceptors (Lipinski definition) is 8. The molecule has 0 saturated carbocycles. The van der Waals surface area contributed by atoms with Crippen molar-refractivity contribution in [2.45, 2.75) is 37.8 Å². The highest BCUT2D eigenvalue weighted by Crippen LogP contribution is 2.52. The highest BCUT2D eigenvalue weighted by atomic mass is 35.5. The molecule has 0 unspecified atom stereocenters. The van der Waals surface area contributed by atoms with Crippen LogP contribution in [0.4, 0.5) is 0 Å². The quantitative estimate of drug-likeness (QED) is 0.222. The summed E-state index contributed by atoms with van der Waals surface area (Å²) in [4.78, 5) is 4.81. The molecule has 0 spiro atoms. The summed E-state index contributed by atoms with van der Waals surface area (Å²) in [6.45, 7) is 1.86. The van der Waals surface area contributed by atoms with Gasteiger partial charge in [-0.2, -0.15) is 0 Å². The first-order valence-electron chi connectivity index (χ1n) is 15.9. The second kappa shape index (κ2) is 13.6. The number of methoxy groups -OCH3 is 4. The highest BCUT2D eigenvalue weighted by molar-refractivity contribution is 5.85. The first-order valence-corrected chi connectivity index (χ1v) is 15.9. The molecular weight excluding hydrogens is 616 g/mol. The first kappa shape index (κ1) is 32.8. The minimum atomic E-state index is 0. The summed E-state index contributed by atoms with van der Waals surface area (Å²) in [6, 6.07) is 21.2. The fourth-order valence-electron chi connectivity index (χ4n) is 7.28. The molecule has 4 aromatic carbocycles. The lowest BCUT2D eigenvalue weighted by Crippen LogP contribution is -2.34. The monoisotopic (exact) mass is 658 g/mol. The van der Waals surface area contributed by atoms with Crippen LogP contribution in [0.15, 0.2) is 60.7 Å². The summed E-state index contributed by atoms with van der Waals surface area (Å²) < 4.78 is 37.1. The molecule has 248 valence electrons. The van der Waals surface area contributed by atoms with Crippen molar-refractivity contribution < 1.29 is 28.4 Å². The van der Waals surface area contributed by atoms with Crippen LogP contribution in [0, 0.1) is 0 Å². The van der Waals surface area contributed by atoms with Crippen LogP contribution in [0.3, 0.4) is 0 Å². The Hall–Kier alpha value is -4.11. The minimum absolute atomic E-state index is 0. The minimum Gasteiger partial charge on any atom is -0.493 e. The molecule has 9 heteroatoms. The molecule has 0 aliphatic carbocycles. The predicted octanol–water partition coefficient (Wildman–Crippen LogP) is 7.58. The molecule has 2 atom stereocenters. The summed E-state index contributed by atoms with van der Waals surface area (Å²) in [7, 11) is 11.1. The van der Waals surface area contributed by atoms with Gasteiger partial charge in [-0.15, -0.1) is 12.4 Å². The summed E-state index contributed by atoms with van der Waals surface area (Å²) in [5.74, 6) is 5.41. The van der Waals surface area contributed by atoms with Gasteiger partial charge in [0.2, 0.25) is 5.75 Å². The maximum Gasteiger partial charge on any atom is 0.204 e. The molecule has 0 saturated heterocycles. The number of ether oxygens (including phenoxy) is 6. The van der Waals surface area contributed by atoms with Crippen molar-refractivity contribution in [2.24, 2.45) is 0 Å². The van der Waals surface area contributed by atoms with Crippen molar-refractivity contribution >= 4 is 12.4 Å². The molecule has 0 amide bonds. The molecule has 4 heterocycles. The zero-order valence-corrected chi connectivity index (χ0v) is 28.7. The lowest BCUT2D eigenvalue weighted by atomic mass is 9.87. The Kier molecular flexibility index (Phi) is 9.46. The average molecular weight is 659 g/mol. The molecule has 0 radical (unpaired) electrons.